The molecule has 0 aromatic carbocycles. The van der Waals surface area contributed by atoms with E-state index in [1.165, 1.54) is 6.07 Å². The first-order valence-corrected chi connectivity index (χ1v) is 4.41. The Labute approximate surface area is 99.2 Å². The number of rotatable bonds is 5. The van der Waals surface area contributed by atoms with Gasteiger partial charge in [0.2, 0.25) is 0 Å². The second-order valence-corrected chi connectivity index (χ2v) is 2.91. The Morgan fingerprint density at radius 1 is 1.44 bits per heavy atom. The predicted molar refractivity (Wildman–Crippen MR) is 56.8 cm³/mol. The number of nitrogens with one attached hydrogen (secondary N) is 2. The number of carbonyl (C=O) groups excluding carboxylic acids is 1. The number of amides is 2. The molecular weight excluding hydrogens is 248 g/mol. The van der Waals surface area contributed by atoms with E-state index in [0.717, 1.165) is 12.1 Å². The molecule has 2 amide bonds. The topological polar surface area (TPSA) is 161 Å². The molecule has 0 spiro atoms. The van der Waals surface area contributed by atoms with Crippen LogP contribution in [0.4, 0.5) is 10.7 Å². The van der Waals surface area contributed by atoms with Crippen molar-refractivity contribution in [3.05, 3.63) is 33.7 Å². The molecule has 0 unspecified atom stereocenters. The molecule has 10 heteroatoms. The summed E-state index contributed by atoms with van der Waals surface area (Å²) in [4.78, 5) is 30.7. The molecule has 0 aliphatic rings. The third kappa shape index (κ3) is 3.52. The number of hydrogen-bond donors (Lipinski definition) is 4. The van der Waals surface area contributed by atoms with Crippen molar-refractivity contribution in [3.8, 4) is 0 Å². The summed E-state index contributed by atoms with van der Waals surface area (Å²) >= 11 is 0. The molecule has 0 radical (unpaired) electrons. The van der Waals surface area contributed by atoms with Gasteiger partial charge in [-0.25, -0.2) is 9.59 Å². The highest BCUT2D eigenvalue weighted by Gasteiger charge is 2.13. The SMILES string of the molecule is NC(=O)NNC(=Cc1ccc([N+](=O)[O-])o1)C(=O)O. The summed E-state index contributed by atoms with van der Waals surface area (Å²) in [5.41, 5.74) is 8.11. The number of aliphatic carboxylic acids is 1. The van der Waals surface area contributed by atoms with Gasteiger partial charge >= 0.3 is 17.9 Å². The van der Waals surface area contributed by atoms with Gasteiger partial charge in [0.1, 0.15) is 16.4 Å². The normalized spacial score (nSPS) is 10.8. The average Bonchev–Trinajstić information content (AvgIpc) is 2.71. The van der Waals surface area contributed by atoms with Crippen molar-refractivity contribution in [2.45, 2.75) is 0 Å². The second-order valence-electron chi connectivity index (χ2n) is 2.91. The first-order chi connectivity index (χ1) is 8.40. The van der Waals surface area contributed by atoms with Crippen LogP contribution in [0.15, 0.2) is 22.2 Å². The predicted octanol–water partition coefficient (Wildman–Crippen LogP) is -0.214. The van der Waals surface area contributed by atoms with Crippen LogP contribution in [0.5, 0.6) is 0 Å². The highest BCUT2D eigenvalue weighted by atomic mass is 16.6. The number of nitrogens with two attached hydrogens (primary N) is 1. The quantitative estimate of drug-likeness (QED) is 0.321. The van der Waals surface area contributed by atoms with Crippen molar-refractivity contribution in [1.29, 1.82) is 0 Å². The molecular formula is C8H8N4O6. The van der Waals surface area contributed by atoms with Crippen LogP contribution >= 0.6 is 0 Å². The third-order valence-electron chi connectivity index (χ3n) is 1.63. The Hall–Kier alpha value is -3.04. The van der Waals surface area contributed by atoms with Crippen LogP contribution in [0.3, 0.4) is 0 Å². The van der Waals surface area contributed by atoms with Gasteiger partial charge in [-0.2, -0.15) is 0 Å². The van der Waals surface area contributed by atoms with E-state index in [9.17, 15) is 19.7 Å². The Bertz CT molecular complexity index is 519. The maximum atomic E-state index is 10.8. The van der Waals surface area contributed by atoms with E-state index in [0.29, 0.717) is 0 Å². The van der Waals surface area contributed by atoms with Crippen molar-refractivity contribution in [1.82, 2.24) is 10.9 Å². The molecule has 5 N–H and O–H groups in total. The zero-order valence-electron chi connectivity index (χ0n) is 8.75. The fraction of sp³-hybridized carbons (Fsp3) is 0. The van der Waals surface area contributed by atoms with Gasteiger partial charge in [0.15, 0.2) is 0 Å². The number of nitro groups is 1. The number of furan rings is 1. The number of carboxylic acid groups (broad SMARTS) is 1. The van der Waals surface area contributed by atoms with Crippen LogP contribution in [0, 0.1) is 10.1 Å². The first kappa shape index (κ1) is 13.0. The van der Waals surface area contributed by atoms with Gasteiger partial charge in [-0.05, 0) is 6.07 Å². The maximum absolute atomic E-state index is 10.8. The molecule has 1 aromatic heterocycles. The Balaban J connectivity index is 2.89. The molecule has 0 saturated heterocycles. The summed E-state index contributed by atoms with van der Waals surface area (Å²) in [6, 6.07) is 1.27. The maximum Gasteiger partial charge on any atom is 0.433 e. The summed E-state index contributed by atoms with van der Waals surface area (Å²) in [5.74, 6) is -2.02. The number of carbonyl (C=O) groups is 2. The lowest BCUT2D eigenvalue weighted by molar-refractivity contribution is -0.402. The summed E-state index contributed by atoms with van der Waals surface area (Å²) in [6.45, 7) is 0. The molecule has 96 valence electrons. The highest BCUT2D eigenvalue weighted by Crippen LogP contribution is 2.17. The number of carboxylic acids is 1. The monoisotopic (exact) mass is 256 g/mol. The van der Waals surface area contributed by atoms with Crippen molar-refractivity contribution in [3.63, 3.8) is 0 Å². The number of urea groups is 1. The van der Waals surface area contributed by atoms with E-state index in [-0.39, 0.29) is 5.76 Å². The van der Waals surface area contributed by atoms with Gasteiger partial charge < -0.3 is 15.3 Å². The van der Waals surface area contributed by atoms with Crippen molar-refractivity contribution in [2.75, 3.05) is 0 Å². The van der Waals surface area contributed by atoms with Crippen LogP contribution in [0.2, 0.25) is 0 Å². The molecule has 0 saturated carbocycles. The zero-order valence-corrected chi connectivity index (χ0v) is 8.75. The van der Waals surface area contributed by atoms with Crippen molar-refractivity contribution >= 4 is 24.0 Å². The van der Waals surface area contributed by atoms with Crippen LogP contribution in [0.25, 0.3) is 6.08 Å². The lowest BCUT2D eigenvalue weighted by Gasteiger charge is -2.05. The highest BCUT2D eigenvalue weighted by molar-refractivity contribution is 5.91. The number of hydrogen-bond acceptors (Lipinski definition) is 6. The molecule has 1 aromatic rings. The van der Waals surface area contributed by atoms with Crippen molar-refractivity contribution in [2.24, 2.45) is 5.73 Å². The molecule has 1 rings (SSSR count). The summed E-state index contributed by atoms with van der Waals surface area (Å²) in [6.07, 6.45) is 0.950. The van der Waals surface area contributed by atoms with E-state index >= 15 is 0 Å². The number of primary amides is 1. The largest absolute Gasteiger partial charge is 0.477 e. The third-order valence-corrected chi connectivity index (χ3v) is 1.63. The average molecular weight is 256 g/mol. The molecule has 18 heavy (non-hydrogen) atoms. The lowest BCUT2D eigenvalue weighted by atomic mass is 10.3. The Kier molecular flexibility index (Phi) is 3.86. The smallest absolute Gasteiger partial charge is 0.433 e. The van der Waals surface area contributed by atoms with E-state index in [1.54, 1.807) is 0 Å². The first-order valence-electron chi connectivity index (χ1n) is 4.41. The van der Waals surface area contributed by atoms with Crippen LogP contribution in [0.1, 0.15) is 5.76 Å². The van der Waals surface area contributed by atoms with Gasteiger partial charge in [-0.3, -0.25) is 21.0 Å². The van der Waals surface area contributed by atoms with E-state index < -0.39 is 28.5 Å². The standard InChI is InChI=1S/C8H8N4O6/c9-8(15)11-10-5(7(13)14)3-4-1-2-6(18-4)12(16)17/h1-3,10H,(H,13,14)(H3,9,11,15). The second kappa shape index (κ2) is 5.34. The summed E-state index contributed by atoms with van der Waals surface area (Å²) in [5, 5.41) is 19.1. The number of nitrogens with zero attached hydrogens (tertiary/aromatic N) is 1. The minimum absolute atomic E-state index is 0.0714. The molecule has 0 atom stereocenters. The van der Waals surface area contributed by atoms with E-state index in [2.05, 4.69) is 0 Å². The molecule has 0 aliphatic carbocycles. The van der Waals surface area contributed by atoms with E-state index in [4.69, 9.17) is 15.3 Å². The van der Waals surface area contributed by atoms with Crippen molar-refractivity contribution < 1.29 is 24.0 Å². The van der Waals surface area contributed by atoms with Crippen LogP contribution in [-0.2, 0) is 4.79 Å². The molecule has 0 aliphatic heterocycles. The minimum atomic E-state index is -1.41. The van der Waals surface area contributed by atoms with Gasteiger partial charge in [0.25, 0.3) is 0 Å². The Morgan fingerprint density at radius 3 is 2.56 bits per heavy atom. The lowest BCUT2D eigenvalue weighted by Crippen LogP contribution is -2.42. The van der Waals surface area contributed by atoms with E-state index in [1.807, 2.05) is 10.9 Å². The molecule has 10 nitrogen and oxygen atoms in total. The summed E-state index contributed by atoms with van der Waals surface area (Å²) < 4.78 is 4.71. The van der Waals surface area contributed by atoms with Gasteiger partial charge in [-0.15, -0.1) is 0 Å². The zero-order chi connectivity index (χ0) is 13.7. The fourth-order valence-corrected chi connectivity index (χ4v) is 0.940. The Morgan fingerprint density at radius 2 is 2.11 bits per heavy atom. The van der Waals surface area contributed by atoms with Gasteiger partial charge in [0.05, 0.1) is 6.07 Å². The van der Waals surface area contributed by atoms with Gasteiger partial charge in [0, 0.05) is 6.08 Å². The van der Waals surface area contributed by atoms with Gasteiger partial charge in [-0.1, -0.05) is 0 Å². The molecule has 0 fully saturated rings. The molecule has 1 heterocycles. The fourth-order valence-electron chi connectivity index (χ4n) is 0.940. The number of hydrazine groups is 1. The molecule has 0 bridgehead atoms. The minimum Gasteiger partial charge on any atom is -0.477 e. The summed E-state index contributed by atoms with van der Waals surface area (Å²) in [7, 11) is 0. The van der Waals surface area contributed by atoms with Crippen LogP contribution in [-0.4, -0.2) is 22.0 Å². The van der Waals surface area contributed by atoms with Crippen LogP contribution < -0.4 is 16.6 Å².